The van der Waals surface area contributed by atoms with Gasteiger partial charge < -0.3 is 0 Å². The Morgan fingerprint density at radius 3 is 2.45 bits per heavy atom. The van der Waals surface area contributed by atoms with E-state index in [1.54, 1.807) is 30.3 Å². The molecule has 8 heteroatoms. The van der Waals surface area contributed by atoms with E-state index in [4.69, 9.17) is 11.6 Å². The lowest BCUT2D eigenvalue weighted by Gasteiger charge is -2.12. The minimum atomic E-state index is -0.577. The van der Waals surface area contributed by atoms with Gasteiger partial charge in [-0.15, -0.1) is 0 Å². The number of hydrogen-bond acceptors (Lipinski definition) is 4. The normalized spacial score (nSPS) is 10.8. The van der Waals surface area contributed by atoms with E-state index in [2.05, 4.69) is 22.9 Å². The predicted molar refractivity (Wildman–Crippen MR) is 121 cm³/mol. The monoisotopic (exact) mass is 440 g/mol. The summed E-state index contributed by atoms with van der Waals surface area (Å²) in [5, 5.41) is 5.74. The van der Waals surface area contributed by atoms with Crippen LogP contribution in [-0.4, -0.2) is 21.6 Å². The number of unbranched alkanes of at least 4 members (excludes halogenated alkanes) is 2. The Balaban J connectivity index is 1.71. The van der Waals surface area contributed by atoms with Gasteiger partial charge in [0.25, 0.3) is 11.5 Å². The Morgan fingerprint density at radius 2 is 1.71 bits per heavy atom. The summed E-state index contributed by atoms with van der Waals surface area (Å²) in [5.74, 6) is -0.930. The Labute approximate surface area is 185 Å². The van der Waals surface area contributed by atoms with E-state index in [1.807, 2.05) is 18.2 Å². The van der Waals surface area contributed by atoms with E-state index in [1.165, 1.54) is 4.68 Å². The number of aromatic nitrogens is 2. The summed E-state index contributed by atoms with van der Waals surface area (Å²) < 4.78 is 1.33. The van der Waals surface area contributed by atoms with Crippen molar-refractivity contribution in [1.29, 1.82) is 0 Å². The molecule has 0 fully saturated rings. The van der Waals surface area contributed by atoms with E-state index in [0.717, 1.165) is 24.8 Å². The van der Waals surface area contributed by atoms with Gasteiger partial charge >= 0.3 is 0 Å². The molecule has 0 saturated carbocycles. The summed E-state index contributed by atoms with van der Waals surface area (Å²) in [6, 6.07) is 14.1. The van der Waals surface area contributed by atoms with Crippen molar-refractivity contribution < 1.29 is 9.59 Å². The summed E-state index contributed by atoms with van der Waals surface area (Å²) in [6.45, 7) is 2.51. The number of nitrogens with zero attached hydrogens (tertiary/aromatic N) is 2. The molecule has 0 bridgehead atoms. The van der Waals surface area contributed by atoms with Crippen molar-refractivity contribution in [1.82, 2.24) is 20.6 Å². The van der Waals surface area contributed by atoms with Crippen molar-refractivity contribution in [2.75, 3.05) is 0 Å². The van der Waals surface area contributed by atoms with Crippen molar-refractivity contribution in [3.8, 4) is 0 Å². The van der Waals surface area contributed by atoms with Crippen LogP contribution in [0.1, 0.15) is 48.7 Å². The minimum Gasteiger partial charge on any atom is -0.273 e. The lowest BCUT2D eigenvalue weighted by atomic mass is 10.1. The molecule has 0 spiro atoms. The fraction of sp³-hybridized carbons (Fsp3) is 0.304. The third kappa shape index (κ3) is 5.70. The molecule has 1 heterocycles. The molecule has 0 aliphatic carbocycles. The van der Waals surface area contributed by atoms with Gasteiger partial charge in [-0.3, -0.25) is 25.2 Å². The highest BCUT2D eigenvalue weighted by Gasteiger charge is 2.17. The zero-order valence-corrected chi connectivity index (χ0v) is 18.1. The Morgan fingerprint density at radius 1 is 1.00 bits per heavy atom. The molecule has 0 unspecified atom stereocenters. The van der Waals surface area contributed by atoms with E-state index in [-0.39, 0.29) is 23.6 Å². The number of fused-ring (bicyclic) bond motifs is 1. The van der Waals surface area contributed by atoms with Crippen LogP contribution in [0.15, 0.2) is 53.3 Å². The topological polar surface area (TPSA) is 93.1 Å². The number of carbonyl (C=O) groups excluding carboxylic acids is 2. The fourth-order valence-corrected chi connectivity index (χ4v) is 3.49. The van der Waals surface area contributed by atoms with E-state index >= 15 is 0 Å². The van der Waals surface area contributed by atoms with E-state index in [9.17, 15) is 14.4 Å². The third-order valence-corrected chi connectivity index (χ3v) is 5.32. The average molecular weight is 441 g/mol. The molecule has 31 heavy (non-hydrogen) atoms. The summed E-state index contributed by atoms with van der Waals surface area (Å²) in [6.07, 6.45) is 3.38. The van der Waals surface area contributed by atoms with Crippen LogP contribution in [0.5, 0.6) is 0 Å². The van der Waals surface area contributed by atoms with E-state index < -0.39 is 5.91 Å². The first kappa shape index (κ1) is 22.5. The highest BCUT2D eigenvalue weighted by atomic mass is 35.5. The molecule has 162 valence electrons. The van der Waals surface area contributed by atoms with Gasteiger partial charge in [-0.1, -0.05) is 67.8 Å². The number of benzene rings is 2. The number of nitrogens with one attached hydrogen (secondary N) is 2. The largest absolute Gasteiger partial charge is 0.290 e. The number of hydrogen-bond donors (Lipinski definition) is 2. The van der Waals surface area contributed by atoms with Gasteiger partial charge in [0, 0.05) is 23.4 Å². The molecule has 0 aliphatic rings. The SMILES string of the molecule is CCCCCn1nc(C(=O)NNC(=O)CCc2ccccc2Cl)c2ccccc2c1=O. The number of rotatable bonds is 8. The smallest absolute Gasteiger partial charge is 0.273 e. The number of halogens is 1. The maximum Gasteiger partial charge on any atom is 0.290 e. The first-order chi connectivity index (χ1) is 15.0. The molecule has 7 nitrogen and oxygen atoms in total. The van der Waals surface area contributed by atoms with Gasteiger partial charge in [0.15, 0.2) is 5.69 Å². The van der Waals surface area contributed by atoms with Crippen molar-refractivity contribution >= 4 is 34.2 Å². The minimum absolute atomic E-state index is 0.0955. The van der Waals surface area contributed by atoms with Crippen molar-refractivity contribution in [3.63, 3.8) is 0 Å². The number of aryl methyl sites for hydroxylation is 2. The highest BCUT2D eigenvalue weighted by molar-refractivity contribution is 6.31. The van der Waals surface area contributed by atoms with E-state index in [0.29, 0.717) is 28.8 Å². The second-order valence-electron chi connectivity index (χ2n) is 7.22. The van der Waals surface area contributed by atoms with Crippen LogP contribution in [0.3, 0.4) is 0 Å². The van der Waals surface area contributed by atoms with Crippen LogP contribution in [0.4, 0.5) is 0 Å². The van der Waals surface area contributed by atoms with Crippen LogP contribution in [0.25, 0.3) is 10.8 Å². The summed E-state index contributed by atoms with van der Waals surface area (Å²) in [7, 11) is 0. The van der Waals surface area contributed by atoms with Gasteiger partial charge in [-0.2, -0.15) is 5.10 Å². The predicted octanol–water partition coefficient (Wildman–Crippen LogP) is 3.63. The molecule has 0 radical (unpaired) electrons. The molecule has 0 aliphatic heterocycles. The molecule has 1 aromatic heterocycles. The number of carbonyl (C=O) groups is 2. The van der Waals surface area contributed by atoms with Gasteiger partial charge in [-0.05, 0) is 30.5 Å². The lowest BCUT2D eigenvalue weighted by Crippen LogP contribution is -2.43. The maximum atomic E-state index is 12.8. The first-order valence-electron chi connectivity index (χ1n) is 10.3. The van der Waals surface area contributed by atoms with Gasteiger partial charge in [0.2, 0.25) is 5.91 Å². The quantitative estimate of drug-likeness (QED) is 0.413. The van der Waals surface area contributed by atoms with Crippen molar-refractivity contribution in [2.24, 2.45) is 0 Å². The zero-order chi connectivity index (χ0) is 22.2. The fourth-order valence-electron chi connectivity index (χ4n) is 3.26. The highest BCUT2D eigenvalue weighted by Crippen LogP contribution is 2.16. The Hall–Kier alpha value is -3.19. The van der Waals surface area contributed by atoms with Crippen LogP contribution in [0.2, 0.25) is 5.02 Å². The molecule has 2 N–H and O–H groups in total. The summed E-state index contributed by atoms with van der Waals surface area (Å²) in [5.41, 5.74) is 5.54. The molecule has 2 aromatic carbocycles. The third-order valence-electron chi connectivity index (χ3n) is 4.95. The van der Waals surface area contributed by atoms with Crippen molar-refractivity contribution in [3.05, 3.63) is 75.2 Å². The van der Waals surface area contributed by atoms with Crippen molar-refractivity contribution in [2.45, 2.75) is 45.6 Å². The average Bonchev–Trinajstić information content (AvgIpc) is 2.78. The second kappa shape index (κ2) is 10.7. The molecule has 3 aromatic rings. The maximum absolute atomic E-state index is 12.8. The lowest BCUT2D eigenvalue weighted by molar-refractivity contribution is -0.121. The number of hydrazine groups is 1. The molecule has 2 amide bonds. The second-order valence-corrected chi connectivity index (χ2v) is 7.63. The van der Waals surface area contributed by atoms with Gasteiger partial charge in [0.05, 0.1) is 5.39 Å². The number of amides is 2. The molecule has 0 saturated heterocycles. The molecule has 0 atom stereocenters. The zero-order valence-electron chi connectivity index (χ0n) is 17.4. The molecular formula is C23H25ClN4O3. The first-order valence-corrected chi connectivity index (χ1v) is 10.7. The van der Waals surface area contributed by atoms with Gasteiger partial charge in [0.1, 0.15) is 0 Å². The Kier molecular flexibility index (Phi) is 7.78. The standard InChI is InChI=1S/C23H25ClN4O3/c1-2-3-8-15-28-23(31)18-11-6-5-10-17(18)21(27-28)22(30)26-25-20(29)14-13-16-9-4-7-12-19(16)24/h4-7,9-12H,2-3,8,13-15H2,1H3,(H,25,29)(H,26,30). The van der Waals surface area contributed by atoms with Crippen LogP contribution in [0, 0.1) is 0 Å². The summed E-state index contributed by atoms with van der Waals surface area (Å²) >= 11 is 6.11. The van der Waals surface area contributed by atoms with Crippen LogP contribution < -0.4 is 16.4 Å². The summed E-state index contributed by atoms with van der Waals surface area (Å²) in [4.78, 5) is 37.6. The van der Waals surface area contributed by atoms with Crippen LogP contribution in [-0.2, 0) is 17.8 Å². The Bertz CT molecular complexity index is 1140. The molecule has 3 rings (SSSR count). The molecular weight excluding hydrogens is 416 g/mol. The van der Waals surface area contributed by atoms with Gasteiger partial charge in [-0.25, -0.2) is 4.68 Å². The van der Waals surface area contributed by atoms with Crippen LogP contribution >= 0.6 is 11.6 Å².